The Morgan fingerprint density at radius 2 is 2.11 bits per heavy atom. The molecule has 1 aliphatic heterocycles. The first-order chi connectivity index (χ1) is 13.5. The molecule has 1 aliphatic carbocycles. The van der Waals surface area contributed by atoms with Gasteiger partial charge in [0.05, 0.1) is 11.6 Å². The van der Waals surface area contributed by atoms with Gasteiger partial charge < -0.3 is 10.2 Å². The monoisotopic (exact) mass is 398 g/mol. The Hall–Kier alpha value is -2.28. The van der Waals surface area contributed by atoms with Gasteiger partial charge in [0.1, 0.15) is 5.69 Å². The maximum absolute atomic E-state index is 12.7. The summed E-state index contributed by atoms with van der Waals surface area (Å²) in [6.07, 6.45) is 5.45. The first-order valence-electron chi connectivity index (χ1n) is 10.00. The van der Waals surface area contributed by atoms with Crippen molar-refractivity contribution in [1.29, 1.82) is 0 Å². The first kappa shape index (κ1) is 19.1. The molecule has 6 nitrogen and oxygen atoms in total. The van der Waals surface area contributed by atoms with E-state index in [2.05, 4.69) is 29.1 Å². The van der Waals surface area contributed by atoms with Crippen LogP contribution in [0, 0.1) is 17.8 Å². The van der Waals surface area contributed by atoms with Crippen molar-refractivity contribution >= 4 is 28.3 Å². The summed E-state index contributed by atoms with van der Waals surface area (Å²) in [4.78, 5) is 36.1. The van der Waals surface area contributed by atoms with Crippen molar-refractivity contribution < 1.29 is 9.59 Å². The number of aromatic nitrogens is 2. The second-order valence-corrected chi connectivity index (χ2v) is 8.88. The zero-order valence-electron chi connectivity index (χ0n) is 16.3. The second-order valence-electron chi connectivity index (χ2n) is 8.02. The van der Waals surface area contributed by atoms with Gasteiger partial charge in [-0.15, -0.1) is 11.3 Å². The lowest BCUT2D eigenvalue weighted by molar-refractivity contribution is -0.131. The van der Waals surface area contributed by atoms with Crippen LogP contribution in [0.2, 0.25) is 0 Å². The van der Waals surface area contributed by atoms with Gasteiger partial charge in [0.15, 0.2) is 5.13 Å². The van der Waals surface area contributed by atoms with Crippen molar-refractivity contribution in [3.8, 4) is 11.4 Å². The Balaban J connectivity index is 1.39. The Morgan fingerprint density at radius 3 is 2.89 bits per heavy atom. The Morgan fingerprint density at radius 1 is 1.25 bits per heavy atom. The number of nitrogens with zero attached hydrogens (tertiary/aromatic N) is 3. The predicted octanol–water partition coefficient (Wildman–Crippen LogP) is 3.82. The van der Waals surface area contributed by atoms with Crippen molar-refractivity contribution in [3.05, 3.63) is 29.8 Å². The quantitative estimate of drug-likeness (QED) is 0.850. The number of nitrogens with one attached hydrogen (secondary N) is 1. The maximum atomic E-state index is 12.7. The fourth-order valence-corrected chi connectivity index (χ4v) is 5.10. The van der Waals surface area contributed by atoms with E-state index >= 15 is 0 Å². The molecule has 0 radical (unpaired) electrons. The first-order valence-corrected chi connectivity index (χ1v) is 10.9. The minimum Gasteiger partial charge on any atom is -0.339 e. The lowest BCUT2D eigenvalue weighted by Gasteiger charge is -2.40. The number of hydrogen-bond acceptors (Lipinski definition) is 5. The molecule has 4 rings (SSSR count). The van der Waals surface area contributed by atoms with E-state index in [0.29, 0.717) is 29.9 Å². The molecule has 0 unspecified atom stereocenters. The Bertz CT molecular complexity index is 853. The molecule has 7 heteroatoms. The van der Waals surface area contributed by atoms with E-state index in [4.69, 9.17) is 0 Å². The van der Waals surface area contributed by atoms with Crippen molar-refractivity contribution in [1.82, 2.24) is 14.9 Å². The van der Waals surface area contributed by atoms with Crippen LogP contribution in [-0.4, -0.2) is 39.3 Å². The summed E-state index contributed by atoms with van der Waals surface area (Å²) in [5.41, 5.74) is 1.52. The number of carbonyl (C=O) groups is 2. The lowest BCUT2D eigenvalue weighted by atomic mass is 9.77. The molecule has 2 aromatic heterocycles. The molecular weight excluding hydrogens is 372 g/mol. The fraction of sp³-hybridized carbons (Fsp3) is 0.524. The summed E-state index contributed by atoms with van der Waals surface area (Å²) in [6.45, 7) is 5.03. The van der Waals surface area contributed by atoms with Gasteiger partial charge in [-0.05, 0) is 30.4 Å². The van der Waals surface area contributed by atoms with Crippen LogP contribution in [0.4, 0.5) is 5.13 Å². The Kier molecular flexibility index (Phi) is 5.44. The summed E-state index contributed by atoms with van der Waals surface area (Å²) in [5.74, 6) is 0.798. The average Bonchev–Trinajstić information content (AvgIpc) is 3.32. The largest absolute Gasteiger partial charge is 0.339 e. The van der Waals surface area contributed by atoms with Crippen LogP contribution in [-0.2, 0) is 9.59 Å². The summed E-state index contributed by atoms with van der Waals surface area (Å²) in [5, 5.41) is 5.34. The summed E-state index contributed by atoms with van der Waals surface area (Å²) < 4.78 is 0. The summed E-state index contributed by atoms with van der Waals surface area (Å²) in [7, 11) is 0. The topological polar surface area (TPSA) is 75.2 Å². The molecule has 2 aliphatic rings. The van der Waals surface area contributed by atoms with E-state index in [1.165, 1.54) is 17.8 Å². The number of anilines is 1. The predicted molar refractivity (Wildman–Crippen MR) is 110 cm³/mol. The van der Waals surface area contributed by atoms with Crippen LogP contribution >= 0.6 is 11.3 Å². The highest BCUT2D eigenvalue weighted by atomic mass is 32.1. The second kappa shape index (κ2) is 7.99. The molecule has 148 valence electrons. The average molecular weight is 399 g/mol. The maximum Gasteiger partial charge on any atom is 0.231 e. The minimum atomic E-state index is -0.306. The van der Waals surface area contributed by atoms with Gasteiger partial charge in [0.2, 0.25) is 11.8 Å². The number of likely N-dealkylation sites (tertiary alicyclic amines) is 1. The van der Waals surface area contributed by atoms with Crippen LogP contribution in [0.15, 0.2) is 29.8 Å². The summed E-state index contributed by atoms with van der Waals surface area (Å²) >= 11 is 1.38. The van der Waals surface area contributed by atoms with Gasteiger partial charge in [0, 0.05) is 30.6 Å². The van der Waals surface area contributed by atoms with Gasteiger partial charge in [0.25, 0.3) is 0 Å². The number of carbonyl (C=O) groups excluding carboxylic acids is 2. The number of amides is 2. The molecule has 3 heterocycles. The van der Waals surface area contributed by atoms with Crippen molar-refractivity contribution in [2.45, 2.75) is 45.6 Å². The molecule has 2 fully saturated rings. The van der Waals surface area contributed by atoms with Crippen molar-refractivity contribution in [2.24, 2.45) is 17.8 Å². The van der Waals surface area contributed by atoms with Crippen LogP contribution in [0.5, 0.6) is 0 Å². The van der Waals surface area contributed by atoms with Gasteiger partial charge in [-0.3, -0.25) is 14.6 Å². The highest BCUT2D eigenvalue weighted by molar-refractivity contribution is 7.14. The number of thiazole rings is 1. The highest BCUT2D eigenvalue weighted by Crippen LogP contribution is 2.36. The molecule has 0 aromatic carbocycles. The molecule has 1 saturated heterocycles. The number of rotatable bonds is 4. The zero-order chi connectivity index (χ0) is 19.7. The van der Waals surface area contributed by atoms with Gasteiger partial charge in [-0.25, -0.2) is 4.98 Å². The SMILES string of the molecule is C[C@H]1[C@H](C)CCC[C@@H]1N1C[C@@H](C(=O)Nc2nc(-c3ccccn3)cs2)CC1=O. The molecule has 2 amide bonds. The summed E-state index contributed by atoms with van der Waals surface area (Å²) in [6, 6.07) is 5.92. The normalized spacial score (nSPS) is 27.8. The van der Waals surface area contributed by atoms with E-state index in [0.717, 1.165) is 24.2 Å². The minimum absolute atomic E-state index is 0.111. The highest BCUT2D eigenvalue weighted by Gasteiger charge is 2.41. The molecule has 4 atom stereocenters. The third kappa shape index (κ3) is 3.81. The van der Waals surface area contributed by atoms with E-state index in [1.54, 1.807) is 6.20 Å². The smallest absolute Gasteiger partial charge is 0.231 e. The third-order valence-electron chi connectivity index (χ3n) is 6.26. The van der Waals surface area contributed by atoms with E-state index in [-0.39, 0.29) is 23.8 Å². The van der Waals surface area contributed by atoms with Crippen LogP contribution in [0.25, 0.3) is 11.4 Å². The number of hydrogen-bond donors (Lipinski definition) is 1. The van der Waals surface area contributed by atoms with Crippen LogP contribution in [0.1, 0.15) is 39.5 Å². The molecule has 0 bridgehead atoms. The standard InChI is InChI=1S/C21H26N4O2S/c1-13-6-5-8-18(14(13)2)25-11-15(10-19(25)26)20(27)24-21-23-17(12-28-21)16-7-3-4-9-22-16/h3-4,7,9,12-15,18H,5-6,8,10-11H2,1-2H3,(H,23,24,27)/t13-,14+,15+,18+/m1/s1. The van der Waals surface area contributed by atoms with Crippen LogP contribution < -0.4 is 5.32 Å². The van der Waals surface area contributed by atoms with Gasteiger partial charge in [-0.1, -0.05) is 32.8 Å². The molecule has 1 saturated carbocycles. The zero-order valence-corrected chi connectivity index (χ0v) is 17.1. The third-order valence-corrected chi connectivity index (χ3v) is 7.01. The van der Waals surface area contributed by atoms with E-state index < -0.39 is 0 Å². The van der Waals surface area contributed by atoms with E-state index in [1.807, 2.05) is 28.5 Å². The molecule has 2 aromatic rings. The molecule has 28 heavy (non-hydrogen) atoms. The molecular formula is C21H26N4O2S. The van der Waals surface area contributed by atoms with Crippen molar-refractivity contribution in [3.63, 3.8) is 0 Å². The fourth-order valence-electron chi connectivity index (χ4n) is 4.39. The van der Waals surface area contributed by atoms with Crippen LogP contribution in [0.3, 0.4) is 0 Å². The molecule has 1 N–H and O–H groups in total. The van der Waals surface area contributed by atoms with Gasteiger partial charge >= 0.3 is 0 Å². The lowest BCUT2D eigenvalue weighted by Crippen LogP contribution is -2.45. The van der Waals surface area contributed by atoms with Gasteiger partial charge in [-0.2, -0.15) is 0 Å². The Labute approximate surface area is 169 Å². The van der Waals surface area contributed by atoms with Crippen molar-refractivity contribution in [2.75, 3.05) is 11.9 Å². The molecule has 0 spiro atoms. The number of pyridine rings is 1. The van der Waals surface area contributed by atoms with E-state index in [9.17, 15) is 9.59 Å².